The van der Waals surface area contributed by atoms with Gasteiger partial charge in [-0.05, 0) is 33.4 Å². The molecule has 0 amide bonds. The van der Waals surface area contributed by atoms with Crippen molar-refractivity contribution < 1.29 is 4.74 Å². The van der Waals surface area contributed by atoms with Crippen molar-refractivity contribution in [2.45, 2.75) is 40.2 Å². The molecule has 0 heterocycles. The lowest BCUT2D eigenvalue weighted by atomic mass is 10.4. The summed E-state index contributed by atoms with van der Waals surface area (Å²) in [5.41, 5.74) is 0. The van der Waals surface area contributed by atoms with Gasteiger partial charge in [-0.25, -0.2) is 0 Å². The molecule has 0 radical (unpaired) electrons. The van der Waals surface area contributed by atoms with Crippen LogP contribution in [0.15, 0.2) is 0 Å². The van der Waals surface area contributed by atoms with Crippen LogP contribution in [0.2, 0.25) is 0 Å². The van der Waals surface area contributed by atoms with Crippen molar-refractivity contribution in [3.8, 4) is 0 Å². The Morgan fingerprint density at radius 1 is 1.17 bits per heavy atom. The van der Waals surface area contributed by atoms with E-state index in [1.165, 1.54) is 13.0 Å². The molecule has 0 fully saturated rings. The first-order valence-electron chi connectivity index (χ1n) is 5.04. The van der Waals surface area contributed by atoms with Gasteiger partial charge < -0.3 is 9.64 Å². The van der Waals surface area contributed by atoms with Gasteiger partial charge in [0.25, 0.3) is 0 Å². The van der Waals surface area contributed by atoms with Gasteiger partial charge in [0.15, 0.2) is 0 Å². The van der Waals surface area contributed by atoms with Crippen molar-refractivity contribution >= 4 is 0 Å². The van der Waals surface area contributed by atoms with E-state index in [0.717, 1.165) is 19.7 Å². The van der Waals surface area contributed by atoms with Gasteiger partial charge in [-0.15, -0.1) is 0 Å². The molecule has 12 heavy (non-hydrogen) atoms. The molecule has 0 bridgehead atoms. The first-order chi connectivity index (χ1) is 5.70. The smallest absolute Gasteiger partial charge is 0.0596 e. The molecule has 2 heteroatoms. The molecule has 74 valence electrons. The summed E-state index contributed by atoms with van der Waals surface area (Å²) in [5, 5.41) is 0. The average molecular weight is 173 g/mol. The summed E-state index contributed by atoms with van der Waals surface area (Å²) in [5.74, 6) is 0. The molecule has 0 aliphatic rings. The highest BCUT2D eigenvalue weighted by atomic mass is 16.5. The van der Waals surface area contributed by atoms with Crippen molar-refractivity contribution in [3.63, 3.8) is 0 Å². The molecule has 0 aliphatic heterocycles. The van der Waals surface area contributed by atoms with Gasteiger partial charge in [0, 0.05) is 6.54 Å². The standard InChI is InChI=1S/C10H23NO/c1-5-7-11(6-2)8-9-12-10(3)4/h10H,5-9H2,1-4H3. The van der Waals surface area contributed by atoms with Crippen LogP contribution >= 0.6 is 0 Å². The SMILES string of the molecule is CCCN(CC)CCOC(C)C. The normalized spacial score (nSPS) is 11.5. The predicted molar refractivity (Wildman–Crippen MR) is 53.5 cm³/mol. The largest absolute Gasteiger partial charge is 0.377 e. The maximum atomic E-state index is 5.48. The molecule has 0 atom stereocenters. The minimum absolute atomic E-state index is 0.366. The molecule has 0 spiro atoms. The van der Waals surface area contributed by atoms with E-state index in [1.54, 1.807) is 0 Å². The molecule has 0 saturated carbocycles. The monoisotopic (exact) mass is 173 g/mol. The Morgan fingerprint density at radius 2 is 1.83 bits per heavy atom. The summed E-state index contributed by atoms with van der Waals surface area (Å²) in [6.07, 6.45) is 1.60. The van der Waals surface area contributed by atoms with E-state index < -0.39 is 0 Å². The highest BCUT2D eigenvalue weighted by molar-refractivity contribution is 4.53. The molecular formula is C10H23NO. The van der Waals surface area contributed by atoms with Crippen LogP contribution in [0.25, 0.3) is 0 Å². The van der Waals surface area contributed by atoms with E-state index in [1.807, 2.05) is 0 Å². The number of likely N-dealkylation sites (N-methyl/N-ethyl adjacent to an activating group) is 1. The van der Waals surface area contributed by atoms with Gasteiger partial charge in [-0.1, -0.05) is 13.8 Å². The van der Waals surface area contributed by atoms with Crippen LogP contribution in [0, 0.1) is 0 Å². The second-order valence-electron chi connectivity index (χ2n) is 3.35. The van der Waals surface area contributed by atoms with Crippen LogP contribution in [-0.4, -0.2) is 37.2 Å². The first-order valence-corrected chi connectivity index (χ1v) is 5.04. The molecule has 0 aromatic rings. The number of hydrogen-bond acceptors (Lipinski definition) is 2. The summed E-state index contributed by atoms with van der Waals surface area (Å²) in [4.78, 5) is 2.42. The quantitative estimate of drug-likeness (QED) is 0.585. The Kier molecular flexibility index (Phi) is 7.51. The van der Waals surface area contributed by atoms with Gasteiger partial charge in [0.2, 0.25) is 0 Å². The summed E-state index contributed by atoms with van der Waals surface area (Å²) in [7, 11) is 0. The van der Waals surface area contributed by atoms with E-state index in [0.29, 0.717) is 6.10 Å². The summed E-state index contributed by atoms with van der Waals surface area (Å²) < 4.78 is 5.48. The molecule has 0 aromatic carbocycles. The van der Waals surface area contributed by atoms with Gasteiger partial charge in [0.05, 0.1) is 12.7 Å². The van der Waals surface area contributed by atoms with E-state index in [9.17, 15) is 0 Å². The first kappa shape index (κ1) is 11.9. The van der Waals surface area contributed by atoms with Crippen molar-refractivity contribution in [1.29, 1.82) is 0 Å². The molecule has 0 aromatic heterocycles. The number of hydrogen-bond donors (Lipinski definition) is 0. The third kappa shape index (κ3) is 6.62. The van der Waals surface area contributed by atoms with Crippen molar-refractivity contribution in [2.24, 2.45) is 0 Å². The molecule has 0 aliphatic carbocycles. The molecule has 0 rings (SSSR count). The number of nitrogens with zero attached hydrogens (tertiary/aromatic N) is 1. The maximum Gasteiger partial charge on any atom is 0.0596 e. The molecule has 2 nitrogen and oxygen atoms in total. The average Bonchev–Trinajstić information content (AvgIpc) is 2.02. The van der Waals surface area contributed by atoms with Gasteiger partial charge in [0.1, 0.15) is 0 Å². The molecular weight excluding hydrogens is 150 g/mol. The van der Waals surface area contributed by atoms with E-state index in [2.05, 4.69) is 32.6 Å². The summed E-state index contributed by atoms with van der Waals surface area (Å²) >= 11 is 0. The highest BCUT2D eigenvalue weighted by Crippen LogP contribution is 1.93. The van der Waals surface area contributed by atoms with Gasteiger partial charge in [-0.3, -0.25) is 0 Å². The Hall–Kier alpha value is -0.0800. The Bertz CT molecular complexity index is 93.8. The Labute approximate surface area is 76.9 Å². The predicted octanol–water partition coefficient (Wildman–Crippen LogP) is 2.14. The topological polar surface area (TPSA) is 12.5 Å². The van der Waals surface area contributed by atoms with Gasteiger partial charge >= 0.3 is 0 Å². The zero-order valence-corrected chi connectivity index (χ0v) is 8.97. The third-order valence-corrected chi connectivity index (χ3v) is 1.85. The zero-order valence-electron chi connectivity index (χ0n) is 8.97. The fourth-order valence-electron chi connectivity index (χ4n) is 1.16. The lowest BCUT2D eigenvalue weighted by Gasteiger charge is -2.19. The fraction of sp³-hybridized carbons (Fsp3) is 1.00. The highest BCUT2D eigenvalue weighted by Gasteiger charge is 2.00. The van der Waals surface area contributed by atoms with Crippen LogP contribution in [0.1, 0.15) is 34.1 Å². The van der Waals surface area contributed by atoms with Crippen LogP contribution in [0.5, 0.6) is 0 Å². The van der Waals surface area contributed by atoms with E-state index in [4.69, 9.17) is 4.74 Å². The summed E-state index contributed by atoms with van der Waals surface area (Å²) in [6.45, 7) is 12.8. The molecule has 0 N–H and O–H groups in total. The van der Waals surface area contributed by atoms with E-state index in [-0.39, 0.29) is 0 Å². The minimum Gasteiger partial charge on any atom is -0.377 e. The number of ether oxygens (including phenoxy) is 1. The molecule has 0 unspecified atom stereocenters. The third-order valence-electron chi connectivity index (χ3n) is 1.85. The zero-order chi connectivity index (χ0) is 9.40. The van der Waals surface area contributed by atoms with Crippen LogP contribution in [0.4, 0.5) is 0 Å². The van der Waals surface area contributed by atoms with Crippen LogP contribution in [0.3, 0.4) is 0 Å². The van der Waals surface area contributed by atoms with Gasteiger partial charge in [-0.2, -0.15) is 0 Å². The second kappa shape index (κ2) is 7.56. The number of rotatable bonds is 7. The second-order valence-corrected chi connectivity index (χ2v) is 3.35. The Morgan fingerprint density at radius 3 is 2.25 bits per heavy atom. The van der Waals surface area contributed by atoms with Crippen molar-refractivity contribution in [1.82, 2.24) is 4.90 Å². The fourth-order valence-corrected chi connectivity index (χ4v) is 1.16. The van der Waals surface area contributed by atoms with Crippen molar-refractivity contribution in [3.05, 3.63) is 0 Å². The lowest BCUT2D eigenvalue weighted by molar-refractivity contribution is 0.0600. The Balaban J connectivity index is 3.31. The van der Waals surface area contributed by atoms with Crippen molar-refractivity contribution in [2.75, 3.05) is 26.2 Å². The minimum atomic E-state index is 0.366. The summed E-state index contributed by atoms with van der Waals surface area (Å²) in [6, 6.07) is 0. The van der Waals surface area contributed by atoms with E-state index >= 15 is 0 Å². The maximum absolute atomic E-state index is 5.48. The van der Waals surface area contributed by atoms with Crippen LogP contribution in [-0.2, 0) is 4.74 Å². The molecule has 0 saturated heterocycles. The lowest BCUT2D eigenvalue weighted by Crippen LogP contribution is -2.28. The van der Waals surface area contributed by atoms with Crippen LogP contribution < -0.4 is 0 Å².